The molecule has 2 aromatic rings. The van der Waals surface area contributed by atoms with Crippen LogP contribution in [0.5, 0.6) is 5.75 Å². The molecule has 3 rings (SSSR count). The first kappa shape index (κ1) is 20.4. The summed E-state index contributed by atoms with van der Waals surface area (Å²) in [5.74, 6) is 0.942. The summed E-state index contributed by atoms with van der Waals surface area (Å²) < 4.78 is 32.7. The van der Waals surface area contributed by atoms with E-state index in [0.717, 1.165) is 31.4 Å². The maximum atomic E-state index is 12.4. The lowest BCUT2D eigenvalue weighted by Crippen LogP contribution is -2.25. The first-order chi connectivity index (χ1) is 13.5. The molecule has 1 saturated carbocycles. The Morgan fingerprint density at radius 3 is 2.36 bits per heavy atom. The zero-order chi connectivity index (χ0) is 20.0. The van der Waals surface area contributed by atoms with Gasteiger partial charge >= 0.3 is 0 Å². The highest BCUT2D eigenvalue weighted by Crippen LogP contribution is 2.28. The Labute approximate surface area is 166 Å². The Kier molecular flexibility index (Phi) is 6.70. The third-order valence-corrected chi connectivity index (χ3v) is 6.00. The number of anilines is 1. The molecule has 1 aliphatic carbocycles. The van der Waals surface area contributed by atoms with Gasteiger partial charge in [0.05, 0.1) is 11.5 Å². The summed E-state index contributed by atoms with van der Waals surface area (Å²) in [5, 5.41) is 2.77. The number of rotatable bonds is 10. The molecule has 1 aliphatic rings. The van der Waals surface area contributed by atoms with Gasteiger partial charge in [-0.3, -0.25) is 4.79 Å². The van der Waals surface area contributed by atoms with Crippen molar-refractivity contribution in [1.29, 1.82) is 0 Å². The van der Waals surface area contributed by atoms with E-state index in [4.69, 9.17) is 4.74 Å². The van der Waals surface area contributed by atoms with Gasteiger partial charge in [-0.1, -0.05) is 13.3 Å². The largest absolute Gasteiger partial charge is 0.494 e. The normalized spacial score (nSPS) is 13.9. The van der Waals surface area contributed by atoms with Crippen molar-refractivity contribution in [1.82, 2.24) is 4.72 Å². The number of nitrogens with one attached hydrogen (secondary N) is 2. The van der Waals surface area contributed by atoms with Crippen LogP contribution in [0.3, 0.4) is 0 Å². The zero-order valence-electron chi connectivity index (χ0n) is 16.0. The Bertz CT molecular complexity index is 889. The van der Waals surface area contributed by atoms with Crippen molar-refractivity contribution in [3.05, 3.63) is 54.1 Å². The quantitative estimate of drug-likeness (QED) is 0.592. The third kappa shape index (κ3) is 5.81. The minimum Gasteiger partial charge on any atom is -0.494 e. The maximum Gasteiger partial charge on any atom is 0.255 e. The average molecular weight is 403 g/mol. The molecule has 150 valence electrons. The van der Waals surface area contributed by atoms with Gasteiger partial charge in [-0.05, 0) is 73.7 Å². The predicted molar refractivity (Wildman–Crippen MR) is 109 cm³/mol. The van der Waals surface area contributed by atoms with Crippen LogP contribution in [0.2, 0.25) is 0 Å². The van der Waals surface area contributed by atoms with Gasteiger partial charge < -0.3 is 10.1 Å². The highest BCUT2D eigenvalue weighted by Gasteiger charge is 2.24. The van der Waals surface area contributed by atoms with Crippen LogP contribution in [0.25, 0.3) is 0 Å². The second-order valence-electron chi connectivity index (χ2n) is 7.00. The van der Waals surface area contributed by atoms with Crippen LogP contribution in [0.1, 0.15) is 43.0 Å². The van der Waals surface area contributed by atoms with Gasteiger partial charge in [0.25, 0.3) is 5.91 Å². The first-order valence-electron chi connectivity index (χ1n) is 9.62. The van der Waals surface area contributed by atoms with Gasteiger partial charge in [-0.2, -0.15) is 0 Å². The van der Waals surface area contributed by atoms with E-state index < -0.39 is 10.0 Å². The van der Waals surface area contributed by atoms with Crippen molar-refractivity contribution in [2.75, 3.05) is 18.5 Å². The molecule has 0 aromatic heterocycles. The predicted octanol–water partition coefficient (Wildman–Crippen LogP) is 3.81. The summed E-state index contributed by atoms with van der Waals surface area (Å²) in [6, 6.07) is 13.1. The molecule has 0 radical (unpaired) electrons. The number of unbranched alkanes of at least 4 members (excludes halogenated alkanes) is 1. The van der Waals surface area contributed by atoms with E-state index in [1.54, 1.807) is 36.4 Å². The van der Waals surface area contributed by atoms with Crippen LogP contribution in [0.4, 0.5) is 5.69 Å². The lowest BCUT2D eigenvalue weighted by Gasteiger charge is -2.09. The molecule has 6 nitrogen and oxygen atoms in total. The molecule has 0 saturated heterocycles. The van der Waals surface area contributed by atoms with Gasteiger partial charge in [-0.25, -0.2) is 13.1 Å². The lowest BCUT2D eigenvalue weighted by atomic mass is 10.2. The number of carbonyl (C=O) groups excluding carboxylic acids is 1. The highest BCUT2D eigenvalue weighted by molar-refractivity contribution is 7.89. The number of benzene rings is 2. The Balaban J connectivity index is 1.56. The molecule has 0 atom stereocenters. The van der Waals surface area contributed by atoms with E-state index in [9.17, 15) is 13.2 Å². The molecule has 0 bridgehead atoms. The van der Waals surface area contributed by atoms with Gasteiger partial charge in [0, 0.05) is 17.8 Å². The van der Waals surface area contributed by atoms with Crippen LogP contribution in [-0.2, 0) is 10.0 Å². The molecule has 1 amide bonds. The van der Waals surface area contributed by atoms with Gasteiger partial charge in [0.15, 0.2) is 0 Å². The lowest BCUT2D eigenvalue weighted by molar-refractivity contribution is 0.102. The number of ether oxygens (including phenoxy) is 1. The van der Waals surface area contributed by atoms with Crippen molar-refractivity contribution in [3.63, 3.8) is 0 Å². The smallest absolute Gasteiger partial charge is 0.255 e. The standard InChI is InChI=1S/C21H26N2O4S/c1-2-3-14-27-19-10-6-17(7-11-19)21(24)23-18-8-12-20(13-9-18)28(25,26)22-15-16-4-5-16/h6-13,16,22H,2-5,14-15H2,1H3,(H,23,24). The molecule has 0 spiro atoms. The van der Waals surface area contributed by atoms with Crippen molar-refractivity contribution >= 4 is 21.6 Å². The monoisotopic (exact) mass is 402 g/mol. The van der Waals surface area contributed by atoms with Crippen LogP contribution in [0, 0.1) is 5.92 Å². The molecule has 0 heterocycles. The van der Waals surface area contributed by atoms with E-state index in [1.165, 1.54) is 12.1 Å². The highest BCUT2D eigenvalue weighted by atomic mass is 32.2. The molecule has 2 aromatic carbocycles. The van der Waals surface area contributed by atoms with E-state index in [1.807, 2.05) is 0 Å². The van der Waals surface area contributed by atoms with Gasteiger partial charge in [-0.15, -0.1) is 0 Å². The zero-order valence-corrected chi connectivity index (χ0v) is 16.8. The molecule has 2 N–H and O–H groups in total. The van der Waals surface area contributed by atoms with Crippen molar-refractivity contribution in [2.24, 2.45) is 5.92 Å². The van der Waals surface area contributed by atoms with E-state index in [2.05, 4.69) is 17.0 Å². The van der Waals surface area contributed by atoms with Crippen LogP contribution >= 0.6 is 0 Å². The third-order valence-electron chi connectivity index (χ3n) is 4.56. The summed E-state index contributed by atoms with van der Waals surface area (Å²) in [4.78, 5) is 12.6. The number of hydrogen-bond acceptors (Lipinski definition) is 4. The fraction of sp³-hybridized carbons (Fsp3) is 0.381. The number of amides is 1. The van der Waals surface area contributed by atoms with Crippen molar-refractivity contribution < 1.29 is 17.9 Å². The summed E-state index contributed by atoms with van der Waals surface area (Å²) >= 11 is 0. The molecule has 0 unspecified atom stereocenters. The molecule has 28 heavy (non-hydrogen) atoms. The Morgan fingerprint density at radius 2 is 1.75 bits per heavy atom. The molecule has 7 heteroatoms. The second-order valence-corrected chi connectivity index (χ2v) is 8.77. The molecule has 0 aliphatic heterocycles. The minimum atomic E-state index is -3.50. The Hall–Kier alpha value is -2.38. The maximum absolute atomic E-state index is 12.4. The van der Waals surface area contributed by atoms with Gasteiger partial charge in [0.1, 0.15) is 5.75 Å². The topological polar surface area (TPSA) is 84.5 Å². The number of hydrogen-bond donors (Lipinski definition) is 2. The van der Waals surface area contributed by atoms with Crippen LogP contribution < -0.4 is 14.8 Å². The molecule has 1 fully saturated rings. The molecular formula is C21H26N2O4S. The average Bonchev–Trinajstić information content (AvgIpc) is 3.52. The van der Waals surface area contributed by atoms with Crippen molar-refractivity contribution in [2.45, 2.75) is 37.5 Å². The molecular weight excluding hydrogens is 376 g/mol. The summed E-state index contributed by atoms with van der Waals surface area (Å²) in [5.41, 5.74) is 1.04. The SMILES string of the molecule is CCCCOc1ccc(C(=O)Nc2ccc(S(=O)(=O)NCC3CC3)cc2)cc1. The first-order valence-corrected chi connectivity index (χ1v) is 11.1. The number of sulfonamides is 1. The minimum absolute atomic E-state index is 0.194. The second kappa shape index (κ2) is 9.21. The van der Waals surface area contributed by atoms with Gasteiger partial charge in [0.2, 0.25) is 10.0 Å². The fourth-order valence-electron chi connectivity index (χ4n) is 2.59. The van der Waals surface area contributed by atoms with E-state index >= 15 is 0 Å². The van der Waals surface area contributed by atoms with Crippen molar-refractivity contribution in [3.8, 4) is 5.75 Å². The fourth-order valence-corrected chi connectivity index (χ4v) is 3.71. The number of carbonyl (C=O) groups is 1. The Morgan fingerprint density at radius 1 is 1.07 bits per heavy atom. The summed E-state index contributed by atoms with van der Waals surface area (Å²) in [6.45, 7) is 3.25. The summed E-state index contributed by atoms with van der Waals surface area (Å²) in [6.07, 6.45) is 4.22. The van der Waals surface area contributed by atoms with E-state index in [-0.39, 0.29) is 10.8 Å². The van der Waals surface area contributed by atoms with E-state index in [0.29, 0.717) is 30.3 Å². The summed E-state index contributed by atoms with van der Waals surface area (Å²) in [7, 11) is -3.50. The van der Waals surface area contributed by atoms with Crippen LogP contribution in [-0.4, -0.2) is 27.5 Å². The van der Waals surface area contributed by atoms with Crippen LogP contribution in [0.15, 0.2) is 53.4 Å².